The summed E-state index contributed by atoms with van der Waals surface area (Å²) in [5.74, 6) is -0.123. The van der Waals surface area contributed by atoms with E-state index in [1.165, 1.54) is 0 Å². The molecule has 0 atom stereocenters. The lowest BCUT2D eigenvalue weighted by Crippen LogP contribution is -2.21. The zero-order chi connectivity index (χ0) is 13.4. The molecule has 5 nitrogen and oxygen atoms in total. The first-order chi connectivity index (χ1) is 8.55. The molecule has 1 N–H and O–H groups in total. The summed E-state index contributed by atoms with van der Waals surface area (Å²) in [4.78, 5) is 0. The molecule has 0 bridgehead atoms. The summed E-state index contributed by atoms with van der Waals surface area (Å²) in [5.41, 5.74) is 0.371. The van der Waals surface area contributed by atoms with E-state index in [2.05, 4.69) is 4.72 Å². The van der Waals surface area contributed by atoms with Crippen molar-refractivity contribution in [3.05, 3.63) is 29.3 Å². The summed E-state index contributed by atoms with van der Waals surface area (Å²) in [6.45, 7) is 0.930. The molecule has 0 aliphatic rings. The van der Waals surface area contributed by atoms with Gasteiger partial charge in [0.1, 0.15) is 0 Å². The molecule has 0 unspecified atom stereocenters. The fourth-order valence-corrected chi connectivity index (χ4v) is 2.37. The zero-order valence-electron chi connectivity index (χ0n) is 10.1. The van der Waals surface area contributed by atoms with Crippen LogP contribution in [-0.2, 0) is 19.5 Å². The molecule has 0 aromatic heterocycles. The number of hydrogen-bond acceptors (Lipinski definition) is 4. The Morgan fingerprint density at radius 3 is 2.61 bits per heavy atom. The number of rotatable bonds is 8. The molecule has 0 heterocycles. The average molecular weight is 294 g/mol. The highest BCUT2D eigenvalue weighted by Gasteiger charge is 2.11. The van der Waals surface area contributed by atoms with Crippen molar-refractivity contribution in [1.82, 2.24) is 0 Å². The van der Waals surface area contributed by atoms with E-state index in [9.17, 15) is 8.42 Å². The van der Waals surface area contributed by atoms with Crippen molar-refractivity contribution in [1.29, 1.82) is 0 Å². The van der Waals surface area contributed by atoms with Crippen LogP contribution in [0, 0.1) is 0 Å². The molecular weight excluding hydrogens is 278 g/mol. The number of methoxy groups -OCH3 is 1. The van der Waals surface area contributed by atoms with E-state index in [-0.39, 0.29) is 12.4 Å². The smallest absolute Gasteiger partial charge is 0.235 e. The van der Waals surface area contributed by atoms with Gasteiger partial charge in [0.25, 0.3) is 0 Å². The van der Waals surface area contributed by atoms with Crippen LogP contribution >= 0.6 is 11.6 Å². The van der Waals surface area contributed by atoms with Gasteiger partial charge in [0, 0.05) is 7.11 Å². The normalized spacial score (nSPS) is 11.4. The predicted molar refractivity (Wildman–Crippen MR) is 71.6 cm³/mol. The predicted octanol–water partition coefficient (Wildman–Crippen LogP) is 1.74. The van der Waals surface area contributed by atoms with Gasteiger partial charge in [-0.05, 0) is 12.1 Å². The number of para-hydroxylation sites is 1. The largest absolute Gasteiger partial charge is 0.382 e. The lowest BCUT2D eigenvalue weighted by Gasteiger charge is -2.09. The molecule has 0 saturated carbocycles. The van der Waals surface area contributed by atoms with Gasteiger partial charge in [-0.2, -0.15) is 0 Å². The number of halogens is 1. The molecule has 1 aromatic carbocycles. The van der Waals surface area contributed by atoms with Crippen LogP contribution in [0.2, 0.25) is 5.02 Å². The monoisotopic (exact) mass is 293 g/mol. The van der Waals surface area contributed by atoms with E-state index >= 15 is 0 Å². The molecule has 102 valence electrons. The van der Waals surface area contributed by atoms with Crippen LogP contribution in [0.4, 0.5) is 5.69 Å². The maximum absolute atomic E-state index is 11.7. The van der Waals surface area contributed by atoms with Gasteiger partial charge in [-0.1, -0.05) is 23.7 Å². The van der Waals surface area contributed by atoms with Crippen LogP contribution in [-0.4, -0.2) is 41.1 Å². The third-order valence-electron chi connectivity index (χ3n) is 2.07. The first kappa shape index (κ1) is 15.2. The SMILES string of the molecule is COCCOCCS(=O)(=O)Nc1ccccc1Cl. The lowest BCUT2D eigenvalue weighted by molar-refractivity contribution is 0.0785. The lowest BCUT2D eigenvalue weighted by atomic mass is 10.3. The second-order valence-electron chi connectivity index (χ2n) is 3.51. The Hall–Kier alpha value is -0.820. The molecule has 0 aliphatic carbocycles. The minimum atomic E-state index is -3.44. The third-order valence-corrected chi connectivity index (χ3v) is 3.63. The summed E-state index contributed by atoms with van der Waals surface area (Å²) in [5, 5.41) is 0.362. The highest BCUT2D eigenvalue weighted by Crippen LogP contribution is 2.21. The Labute approximate surface area is 112 Å². The van der Waals surface area contributed by atoms with Gasteiger partial charge in [-0.25, -0.2) is 8.42 Å². The average Bonchev–Trinajstić information content (AvgIpc) is 2.31. The van der Waals surface area contributed by atoms with Crippen molar-refractivity contribution < 1.29 is 17.9 Å². The molecule has 0 spiro atoms. The molecule has 18 heavy (non-hydrogen) atoms. The Bertz CT molecular complexity index is 464. The second kappa shape index (κ2) is 7.58. The van der Waals surface area contributed by atoms with Crippen LogP contribution in [0.5, 0.6) is 0 Å². The standard InChI is InChI=1S/C11H16ClNO4S/c1-16-6-7-17-8-9-18(14,15)13-11-5-3-2-4-10(11)12/h2-5,13H,6-9H2,1H3. The number of sulfonamides is 1. The molecule has 0 radical (unpaired) electrons. The highest BCUT2D eigenvalue weighted by atomic mass is 35.5. The Morgan fingerprint density at radius 2 is 1.94 bits per heavy atom. The summed E-state index contributed by atoms with van der Waals surface area (Å²) in [6, 6.07) is 6.66. The van der Waals surface area contributed by atoms with E-state index in [1.54, 1.807) is 31.4 Å². The van der Waals surface area contributed by atoms with Gasteiger partial charge >= 0.3 is 0 Å². The Balaban J connectivity index is 2.43. The Morgan fingerprint density at radius 1 is 1.22 bits per heavy atom. The van der Waals surface area contributed by atoms with E-state index in [4.69, 9.17) is 21.1 Å². The molecule has 0 fully saturated rings. The number of benzene rings is 1. The van der Waals surface area contributed by atoms with Gasteiger partial charge in [0.2, 0.25) is 10.0 Å². The fraction of sp³-hybridized carbons (Fsp3) is 0.455. The van der Waals surface area contributed by atoms with Crippen molar-refractivity contribution in [2.75, 3.05) is 37.4 Å². The number of ether oxygens (including phenoxy) is 2. The van der Waals surface area contributed by atoms with Crippen molar-refractivity contribution in [2.45, 2.75) is 0 Å². The zero-order valence-corrected chi connectivity index (χ0v) is 11.6. The van der Waals surface area contributed by atoms with Gasteiger partial charge in [0.15, 0.2) is 0 Å². The molecular formula is C11H16ClNO4S. The molecule has 0 amide bonds. The highest BCUT2D eigenvalue weighted by molar-refractivity contribution is 7.92. The molecule has 1 rings (SSSR count). The van der Waals surface area contributed by atoms with Crippen LogP contribution in [0.15, 0.2) is 24.3 Å². The minimum absolute atomic E-state index is 0.114. The molecule has 0 aliphatic heterocycles. The van der Waals surface area contributed by atoms with Gasteiger partial charge < -0.3 is 9.47 Å². The first-order valence-electron chi connectivity index (χ1n) is 5.37. The quantitative estimate of drug-likeness (QED) is 0.742. The number of hydrogen-bond donors (Lipinski definition) is 1. The van der Waals surface area contributed by atoms with Crippen molar-refractivity contribution >= 4 is 27.3 Å². The number of anilines is 1. The van der Waals surface area contributed by atoms with E-state index < -0.39 is 10.0 Å². The van der Waals surface area contributed by atoms with E-state index in [0.29, 0.717) is 23.9 Å². The summed E-state index contributed by atoms with van der Waals surface area (Å²) in [6.07, 6.45) is 0. The topological polar surface area (TPSA) is 64.6 Å². The van der Waals surface area contributed by atoms with Crippen molar-refractivity contribution in [3.8, 4) is 0 Å². The maximum atomic E-state index is 11.7. The summed E-state index contributed by atoms with van der Waals surface area (Å²) >= 11 is 5.86. The molecule has 7 heteroatoms. The van der Waals surface area contributed by atoms with Crippen molar-refractivity contribution in [3.63, 3.8) is 0 Å². The second-order valence-corrected chi connectivity index (χ2v) is 5.76. The van der Waals surface area contributed by atoms with Crippen molar-refractivity contribution in [2.24, 2.45) is 0 Å². The maximum Gasteiger partial charge on any atom is 0.235 e. The van der Waals surface area contributed by atoms with Gasteiger partial charge in [-0.15, -0.1) is 0 Å². The van der Waals surface area contributed by atoms with Crippen LogP contribution < -0.4 is 4.72 Å². The summed E-state index contributed by atoms with van der Waals surface area (Å²) in [7, 11) is -1.89. The molecule has 1 aromatic rings. The van der Waals surface area contributed by atoms with Gasteiger partial charge in [0.05, 0.1) is 36.3 Å². The Kier molecular flexibility index (Phi) is 6.42. The minimum Gasteiger partial charge on any atom is -0.382 e. The van der Waals surface area contributed by atoms with Crippen LogP contribution in [0.3, 0.4) is 0 Å². The fourth-order valence-electron chi connectivity index (χ4n) is 1.18. The van der Waals surface area contributed by atoms with E-state index in [1.807, 2.05) is 0 Å². The number of nitrogens with one attached hydrogen (secondary N) is 1. The third kappa shape index (κ3) is 5.68. The van der Waals surface area contributed by atoms with Gasteiger partial charge in [-0.3, -0.25) is 4.72 Å². The summed E-state index contributed by atoms with van der Waals surface area (Å²) < 4.78 is 35.7. The van der Waals surface area contributed by atoms with Crippen LogP contribution in [0.1, 0.15) is 0 Å². The van der Waals surface area contributed by atoms with E-state index in [0.717, 1.165) is 0 Å². The first-order valence-corrected chi connectivity index (χ1v) is 7.40. The molecule has 0 saturated heterocycles. The van der Waals surface area contributed by atoms with Crippen LogP contribution in [0.25, 0.3) is 0 Å².